The second-order valence-electron chi connectivity index (χ2n) is 9.16. The number of methoxy groups -OCH3 is 1. The van der Waals surface area contributed by atoms with E-state index in [-0.39, 0.29) is 0 Å². The van der Waals surface area contributed by atoms with Crippen molar-refractivity contribution in [1.82, 2.24) is 14.9 Å². The summed E-state index contributed by atoms with van der Waals surface area (Å²) in [5.74, 6) is 1.51. The first kappa shape index (κ1) is 26.3. The molecule has 1 saturated heterocycles. The van der Waals surface area contributed by atoms with Gasteiger partial charge < -0.3 is 29.7 Å². The van der Waals surface area contributed by atoms with Gasteiger partial charge in [0.1, 0.15) is 17.9 Å². The van der Waals surface area contributed by atoms with Crippen LogP contribution in [0.15, 0.2) is 48.7 Å². The molecule has 0 spiro atoms. The highest BCUT2D eigenvalue weighted by atomic mass is 35.5. The van der Waals surface area contributed by atoms with Crippen molar-refractivity contribution in [3.63, 3.8) is 0 Å². The Morgan fingerprint density at radius 3 is 2.56 bits per heavy atom. The van der Waals surface area contributed by atoms with Gasteiger partial charge in [-0.25, -0.2) is 4.98 Å². The van der Waals surface area contributed by atoms with Crippen molar-refractivity contribution in [2.24, 2.45) is 0 Å². The zero-order valence-corrected chi connectivity index (χ0v) is 22.9. The van der Waals surface area contributed by atoms with Crippen LogP contribution < -0.4 is 25.6 Å². The van der Waals surface area contributed by atoms with Crippen molar-refractivity contribution in [1.29, 1.82) is 0 Å². The summed E-state index contributed by atoms with van der Waals surface area (Å²) in [4.78, 5) is 13.6. The van der Waals surface area contributed by atoms with Crippen LogP contribution >= 0.6 is 18.7 Å². The highest BCUT2D eigenvalue weighted by Crippen LogP contribution is 2.43. The second-order valence-corrected chi connectivity index (χ2v) is 12.7. The van der Waals surface area contributed by atoms with Crippen LogP contribution in [0.5, 0.6) is 5.75 Å². The fourth-order valence-corrected chi connectivity index (χ4v) is 6.62. The summed E-state index contributed by atoms with van der Waals surface area (Å²) >= 11 is 6.43. The van der Waals surface area contributed by atoms with Gasteiger partial charge in [-0.1, -0.05) is 30.7 Å². The predicted octanol–water partition coefficient (Wildman–Crippen LogP) is 5.41. The number of likely N-dealkylation sites (N-methyl/N-ethyl adjacent to an activating group) is 1. The van der Waals surface area contributed by atoms with Crippen molar-refractivity contribution in [3.8, 4) is 5.75 Å². The highest BCUT2D eigenvalue weighted by molar-refractivity contribution is 7.71. The van der Waals surface area contributed by atoms with Crippen LogP contribution in [0.25, 0.3) is 0 Å². The molecule has 0 saturated carbocycles. The van der Waals surface area contributed by atoms with E-state index in [0.717, 1.165) is 55.0 Å². The molecule has 1 unspecified atom stereocenters. The number of rotatable bonds is 9. The Labute approximate surface area is 218 Å². The summed E-state index contributed by atoms with van der Waals surface area (Å²) in [6, 6.07) is 13.7. The van der Waals surface area contributed by atoms with E-state index >= 15 is 0 Å². The molecular weight excluding hydrogens is 495 g/mol. The number of ether oxygens (including phenoxy) is 1. The van der Waals surface area contributed by atoms with Crippen molar-refractivity contribution in [2.75, 3.05) is 68.7 Å². The Balaban J connectivity index is 1.56. The first-order chi connectivity index (χ1) is 17.3. The summed E-state index contributed by atoms with van der Waals surface area (Å²) < 4.78 is 19.0. The van der Waals surface area contributed by atoms with Gasteiger partial charge in [0.05, 0.1) is 24.7 Å². The zero-order chi connectivity index (χ0) is 25.7. The summed E-state index contributed by atoms with van der Waals surface area (Å²) in [5.41, 5.74) is 2.61. The van der Waals surface area contributed by atoms with Gasteiger partial charge in [0.25, 0.3) is 0 Å². The first-order valence-corrected chi connectivity index (χ1v) is 14.9. The molecule has 36 heavy (non-hydrogen) atoms. The lowest BCUT2D eigenvalue weighted by molar-refractivity contribution is 0.312. The number of piperazine rings is 1. The molecule has 0 bridgehead atoms. The van der Waals surface area contributed by atoms with Crippen LogP contribution in [-0.4, -0.2) is 68.0 Å². The Kier molecular flexibility index (Phi) is 8.39. The molecular formula is C26H34ClN6O2P. The number of para-hydroxylation sites is 1. The fraction of sp³-hybridized carbons (Fsp3) is 0.385. The minimum absolute atomic E-state index is 0.370. The molecule has 0 aliphatic carbocycles. The van der Waals surface area contributed by atoms with Crippen LogP contribution in [0.2, 0.25) is 5.02 Å². The molecule has 3 aromatic rings. The minimum atomic E-state index is -2.52. The molecule has 1 fully saturated rings. The van der Waals surface area contributed by atoms with E-state index in [0.29, 0.717) is 28.7 Å². The van der Waals surface area contributed by atoms with Crippen LogP contribution in [0.1, 0.15) is 13.3 Å². The van der Waals surface area contributed by atoms with E-state index in [2.05, 4.69) is 43.5 Å². The van der Waals surface area contributed by atoms with E-state index in [1.54, 1.807) is 13.3 Å². The molecule has 1 aliphatic heterocycles. The number of anilines is 5. The molecule has 2 aromatic carbocycles. The third-order valence-corrected chi connectivity index (χ3v) is 9.35. The summed E-state index contributed by atoms with van der Waals surface area (Å²) in [5, 5.41) is 7.69. The van der Waals surface area contributed by atoms with Crippen LogP contribution in [0, 0.1) is 0 Å². The van der Waals surface area contributed by atoms with Crippen molar-refractivity contribution in [2.45, 2.75) is 13.3 Å². The lowest BCUT2D eigenvalue weighted by Gasteiger charge is -2.34. The lowest BCUT2D eigenvalue weighted by Crippen LogP contribution is -2.44. The van der Waals surface area contributed by atoms with Crippen LogP contribution in [0.3, 0.4) is 0 Å². The average Bonchev–Trinajstić information content (AvgIpc) is 2.87. The summed E-state index contributed by atoms with van der Waals surface area (Å²) in [6.45, 7) is 7.89. The van der Waals surface area contributed by atoms with E-state index < -0.39 is 7.14 Å². The maximum absolute atomic E-state index is 13.3. The standard InChI is InChI=1S/C26H34ClN6O2P/c1-5-16-36(4,34)24-9-7-6-8-22(24)29-25-20(27)18-28-26(31-25)30-21-11-10-19(17-23(21)35-3)33-14-12-32(2)13-15-33/h6-11,17-18H,5,12-16H2,1-4H3,(H2,28,29,30,31). The van der Waals surface area contributed by atoms with Gasteiger partial charge in [-0.3, -0.25) is 0 Å². The van der Waals surface area contributed by atoms with Gasteiger partial charge >= 0.3 is 0 Å². The lowest BCUT2D eigenvalue weighted by atomic mass is 10.2. The number of nitrogens with one attached hydrogen (secondary N) is 2. The quantitative estimate of drug-likeness (QED) is 0.357. The van der Waals surface area contributed by atoms with Gasteiger partial charge in [0.15, 0.2) is 5.82 Å². The number of benzene rings is 2. The molecule has 1 aromatic heterocycles. The molecule has 1 atom stereocenters. The van der Waals surface area contributed by atoms with Crippen LogP contribution in [-0.2, 0) is 4.57 Å². The minimum Gasteiger partial charge on any atom is -0.494 e. The second kappa shape index (κ2) is 11.5. The molecule has 1 aliphatic rings. The Bertz CT molecular complexity index is 1250. The Morgan fingerprint density at radius 1 is 1.08 bits per heavy atom. The zero-order valence-electron chi connectivity index (χ0n) is 21.3. The van der Waals surface area contributed by atoms with E-state index in [1.807, 2.05) is 50.0 Å². The topological polar surface area (TPSA) is 82.6 Å². The number of halogens is 1. The van der Waals surface area contributed by atoms with Crippen molar-refractivity contribution >= 4 is 52.9 Å². The monoisotopic (exact) mass is 528 g/mol. The van der Waals surface area contributed by atoms with E-state index in [9.17, 15) is 4.57 Å². The molecule has 8 nitrogen and oxygen atoms in total. The van der Waals surface area contributed by atoms with Crippen molar-refractivity contribution < 1.29 is 9.30 Å². The van der Waals surface area contributed by atoms with Gasteiger partial charge in [0.2, 0.25) is 5.95 Å². The third-order valence-electron chi connectivity index (χ3n) is 6.36. The largest absolute Gasteiger partial charge is 0.494 e. The van der Waals surface area contributed by atoms with Gasteiger partial charge in [-0.15, -0.1) is 0 Å². The van der Waals surface area contributed by atoms with E-state index in [1.165, 1.54) is 0 Å². The number of hydrogen-bond acceptors (Lipinski definition) is 8. The summed E-state index contributed by atoms with van der Waals surface area (Å²) in [6.07, 6.45) is 3.03. The number of nitrogens with zero attached hydrogens (tertiary/aromatic N) is 4. The highest BCUT2D eigenvalue weighted by Gasteiger charge is 2.22. The normalized spacial score (nSPS) is 15.9. The Morgan fingerprint density at radius 2 is 1.83 bits per heavy atom. The maximum atomic E-state index is 13.3. The molecule has 0 radical (unpaired) electrons. The summed E-state index contributed by atoms with van der Waals surface area (Å²) in [7, 11) is 1.28. The molecule has 4 rings (SSSR count). The first-order valence-electron chi connectivity index (χ1n) is 12.1. The fourth-order valence-electron chi connectivity index (χ4n) is 4.35. The molecule has 2 N–H and O–H groups in total. The predicted molar refractivity (Wildman–Crippen MR) is 151 cm³/mol. The van der Waals surface area contributed by atoms with Crippen molar-refractivity contribution in [3.05, 3.63) is 53.7 Å². The molecule has 0 amide bonds. The van der Waals surface area contributed by atoms with Gasteiger partial charge in [0, 0.05) is 49.4 Å². The van der Waals surface area contributed by atoms with Gasteiger partial charge in [-0.05, 0) is 44.4 Å². The molecule has 10 heteroatoms. The number of aromatic nitrogens is 2. The van der Waals surface area contributed by atoms with Gasteiger partial charge in [-0.2, -0.15) is 4.98 Å². The SMILES string of the molecule is CCCP(C)(=O)c1ccccc1Nc1nc(Nc2ccc(N3CCN(C)CC3)cc2OC)ncc1Cl. The smallest absolute Gasteiger partial charge is 0.229 e. The molecule has 2 heterocycles. The van der Waals surface area contributed by atoms with Crippen LogP contribution in [0.4, 0.5) is 28.8 Å². The maximum Gasteiger partial charge on any atom is 0.229 e. The average molecular weight is 529 g/mol. The third kappa shape index (κ3) is 6.12. The Hall–Kier alpha value is -2.80. The molecule has 192 valence electrons. The van der Waals surface area contributed by atoms with E-state index in [4.69, 9.17) is 16.3 Å². The number of hydrogen-bond donors (Lipinski definition) is 2.